The summed E-state index contributed by atoms with van der Waals surface area (Å²) >= 11 is 0. The van der Waals surface area contributed by atoms with E-state index in [9.17, 15) is 9.59 Å². The van der Waals surface area contributed by atoms with E-state index in [1.54, 1.807) is 4.90 Å². The van der Waals surface area contributed by atoms with Crippen LogP contribution in [0, 0.1) is 0 Å². The van der Waals surface area contributed by atoms with Gasteiger partial charge in [-0.3, -0.25) is 9.59 Å². The van der Waals surface area contributed by atoms with Crippen molar-refractivity contribution in [1.82, 2.24) is 14.8 Å². The first-order valence-corrected chi connectivity index (χ1v) is 8.33. The lowest BCUT2D eigenvalue weighted by atomic mass is 10.2. The second-order valence-electron chi connectivity index (χ2n) is 5.94. The lowest BCUT2D eigenvalue weighted by Gasteiger charge is -2.28. The van der Waals surface area contributed by atoms with Gasteiger partial charge in [0.15, 0.2) is 0 Å². The molecule has 1 aromatic carbocycles. The zero-order valence-corrected chi connectivity index (χ0v) is 13.7. The third kappa shape index (κ3) is 2.83. The fraction of sp³-hybridized carbons (Fsp3) is 0.444. The van der Waals surface area contributed by atoms with Gasteiger partial charge in [0.25, 0.3) is 5.91 Å². The second-order valence-corrected chi connectivity index (χ2v) is 5.94. The number of likely N-dealkylation sites (tertiary alicyclic amines) is 1. The van der Waals surface area contributed by atoms with Crippen LogP contribution in [0.25, 0.3) is 10.9 Å². The zero-order valence-electron chi connectivity index (χ0n) is 13.7. The minimum atomic E-state index is -0.325. The Balaban J connectivity index is 1.84. The van der Waals surface area contributed by atoms with Crippen LogP contribution in [0.1, 0.15) is 37.2 Å². The highest BCUT2D eigenvalue weighted by molar-refractivity contribution is 6.00. The number of para-hydroxylation sites is 1. The number of nitrogens with one attached hydrogen (secondary N) is 1. The number of amides is 2. The minimum absolute atomic E-state index is 0.0666. The molecule has 23 heavy (non-hydrogen) atoms. The van der Waals surface area contributed by atoms with Crippen molar-refractivity contribution in [3.05, 3.63) is 36.0 Å². The third-order valence-corrected chi connectivity index (χ3v) is 4.63. The van der Waals surface area contributed by atoms with Gasteiger partial charge in [0, 0.05) is 30.5 Å². The summed E-state index contributed by atoms with van der Waals surface area (Å²) in [5, 5.41) is 1.02. The van der Waals surface area contributed by atoms with Gasteiger partial charge >= 0.3 is 0 Å². The van der Waals surface area contributed by atoms with Gasteiger partial charge in [-0.2, -0.15) is 0 Å². The van der Waals surface area contributed by atoms with Crippen LogP contribution in [0.3, 0.4) is 0 Å². The molecule has 0 saturated carbocycles. The Kier molecular flexibility index (Phi) is 4.37. The molecule has 122 valence electrons. The van der Waals surface area contributed by atoms with Gasteiger partial charge in [0.2, 0.25) is 5.91 Å². The molecule has 1 atom stereocenters. The van der Waals surface area contributed by atoms with Crippen molar-refractivity contribution in [3.8, 4) is 0 Å². The molecule has 0 aliphatic carbocycles. The molecule has 1 aromatic heterocycles. The predicted octanol–water partition coefficient (Wildman–Crippen LogP) is 2.64. The Labute approximate surface area is 136 Å². The zero-order chi connectivity index (χ0) is 16.4. The second kappa shape index (κ2) is 6.44. The number of aromatic nitrogens is 1. The Bertz CT molecular complexity index is 685. The average Bonchev–Trinajstić information content (AvgIpc) is 3.21. The van der Waals surface area contributed by atoms with Crippen LogP contribution in [-0.4, -0.2) is 52.3 Å². The third-order valence-electron chi connectivity index (χ3n) is 4.63. The van der Waals surface area contributed by atoms with Crippen LogP contribution < -0.4 is 0 Å². The number of nitrogens with zero attached hydrogens (tertiary/aromatic N) is 2. The Morgan fingerprint density at radius 2 is 2.00 bits per heavy atom. The largest absolute Gasteiger partial charge is 0.351 e. The molecule has 5 nitrogen and oxygen atoms in total. The topological polar surface area (TPSA) is 56.4 Å². The summed E-state index contributed by atoms with van der Waals surface area (Å²) in [5.74, 6) is -0.0128. The summed E-state index contributed by atoms with van der Waals surface area (Å²) in [4.78, 5) is 32.2. The lowest BCUT2D eigenvalue weighted by molar-refractivity contribution is -0.134. The normalized spacial score (nSPS) is 17.7. The Morgan fingerprint density at radius 1 is 1.26 bits per heavy atom. The number of carbonyl (C=O) groups excluding carboxylic acids is 2. The number of H-pyrrole nitrogens is 1. The van der Waals surface area contributed by atoms with Crippen molar-refractivity contribution in [3.63, 3.8) is 0 Å². The van der Waals surface area contributed by atoms with E-state index in [4.69, 9.17) is 0 Å². The first kappa shape index (κ1) is 15.6. The number of fused-ring (bicyclic) bond motifs is 1. The molecule has 0 radical (unpaired) electrons. The molecule has 0 bridgehead atoms. The number of hydrogen-bond acceptors (Lipinski definition) is 2. The smallest absolute Gasteiger partial charge is 0.270 e. The van der Waals surface area contributed by atoms with Gasteiger partial charge < -0.3 is 14.8 Å². The SMILES string of the molecule is CCN(CC)C(=O)[C@@H]1CCCN1C(=O)c1cc2ccccc2[nH]1. The fourth-order valence-electron chi connectivity index (χ4n) is 3.36. The van der Waals surface area contributed by atoms with Crippen LogP contribution >= 0.6 is 0 Å². The quantitative estimate of drug-likeness (QED) is 0.943. The maximum Gasteiger partial charge on any atom is 0.270 e. The van der Waals surface area contributed by atoms with E-state index in [1.807, 2.05) is 49.1 Å². The highest BCUT2D eigenvalue weighted by Crippen LogP contribution is 2.23. The monoisotopic (exact) mass is 313 g/mol. The van der Waals surface area contributed by atoms with E-state index in [0.29, 0.717) is 25.3 Å². The van der Waals surface area contributed by atoms with Gasteiger partial charge in [-0.15, -0.1) is 0 Å². The van der Waals surface area contributed by atoms with Crippen molar-refractivity contribution in [2.24, 2.45) is 0 Å². The van der Waals surface area contributed by atoms with Crippen molar-refractivity contribution in [2.75, 3.05) is 19.6 Å². The molecule has 0 spiro atoms. The number of likely N-dealkylation sites (N-methyl/N-ethyl adjacent to an activating group) is 1. The fourth-order valence-corrected chi connectivity index (χ4v) is 3.36. The highest BCUT2D eigenvalue weighted by Gasteiger charge is 2.36. The van der Waals surface area contributed by atoms with Crippen molar-refractivity contribution < 1.29 is 9.59 Å². The summed E-state index contributed by atoms with van der Waals surface area (Å²) in [7, 11) is 0. The number of hydrogen-bond donors (Lipinski definition) is 1. The molecular weight excluding hydrogens is 290 g/mol. The number of rotatable bonds is 4. The van der Waals surface area contributed by atoms with E-state index < -0.39 is 0 Å². The van der Waals surface area contributed by atoms with Crippen LogP contribution in [0.4, 0.5) is 0 Å². The van der Waals surface area contributed by atoms with E-state index in [0.717, 1.165) is 23.7 Å². The molecule has 1 saturated heterocycles. The minimum Gasteiger partial charge on any atom is -0.351 e. The Morgan fingerprint density at radius 3 is 2.70 bits per heavy atom. The molecule has 2 heterocycles. The van der Waals surface area contributed by atoms with Gasteiger partial charge in [0.1, 0.15) is 11.7 Å². The van der Waals surface area contributed by atoms with E-state index in [2.05, 4.69) is 4.98 Å². The molecule has 0 unspecified atom stereocenters. The van der Waals surface area contributed by atoms with Crippen LogP contribution in [0.2, 0.25) is 0 Å². The molecule has 2 aromatic rings. The molecule has 1 fully saturated rings. The molecule has 3 rings (SSSR count). The molecule has 2 amide bonds. The van der Waals surface area contributed by atoms with Gasteiger partial charge in [0.05, 0.1) is 0 Å². The molecule has 5 heteroatoms. The number of carbonyl (C=O) groups is 2. The van der Waals surface area contributed by atoms with Crippen LogP contribution in [0.5, 0.6) is 0 Å². The first-order chi connectivity index (χ1) is 11.2. The van der Waals surface area contributed by atoms with Gasteiger partial charge in [-0.05, 0) is 38.8 Å². The highest BCUT2D eigenvalue weighted by atomic mass is 16.2. The maximum atomic E-state index is 12.9. The van der Waals surface area contributed by atoms with Crippen molar-refractivity contribution >= 4 is 22.7 Å². The van der Waals surface area contributed by atoms with Crippen LogP contribution in [-0.2, 0) is 4.79 Å². The molecule has 1 aliphatic rings. The summed E-state index contributed by atoms with van der Waals surface area (Å²) < 4.78 is 0. The summed E-state index contributed by atoms with van der Waals surface area (Å²) in [6, 6.07) is 9.37. The van der Waals surface area contributed by atoms with E-state index >= 15 is 0 Å². The van der Waals surface area contributed by atoms with E-state index in [-0.39, 0.29) is 17.9 Å². The first-order valence-electron chi connectivity index (χ1n) is 8.33. The number of aromatic amines is 1. The number of benzene rings is 1. The molecule has 1 aliphatic heterocycles. The summed E-state index contributed by atoms with van der Waals surface area (Å²) in [5.41, 5.74) is 1.51. The Hall–Kier alpha value is -2.30. The molecule has 1 N–H and O–H groups in total. The standard InChI is InChI=1S/C18H23N3O2/c1-3-20(4-2)18(23)16-10-7-11-21(16)17(22)15-12-13-8-5-6-9-14(13)19-15/h5-6,8-9,12,16,19H,3-4,7,10-11H2,1-2H3/t16-/m0/s1. The predicted molar refractivity (Wildman–Crippen MR) is 90.3 cm³/mol. The maximum absolute atomic E-state index is 12.9. The van der Waals surface area contributed by atoms with E-state index in [1.165, 1.54) is 0 Å². The lowest BCUT2D eigenvalue weighted by Crippen LogP contribution is -2.47. The van der Waals surface area contributed by atoms with Crippen molar-refractivity contribution in [2.45, 2.75) is 32.7 Å². The summed E-state index contributed by atoms with van der Waals surface area (Å²) in [6.07, 6.45) is 1.63. The van der Waals surface area contributed by atoms with Gasteiger partial charge in [-0.25, -0.2) is 0 Å². The van der Waals surface area contributed by atoms with Gasteiger partial charge in [-0.1, -0.05) is 18.2 Å². The van der Waals surface area contributed by atoms with Crippen molar-refractivity contribution in [1.29, 1.82) is 0 Å². The summed E-state index contributed by atoms with van der Waals surface area (Å²) in [6.45, 7) is 5.95. The molecular formula is C18H23N3O2. The average molecular weight is 313 g/mol. The van der Waals surface area contributed by atoms with Crippen LogP contribution in [0.15, 0.2) is 30.3 Å².